The molecule has 0 aliphatic carbocycles. The third-order valence-corrected chi connectivity index (χ3v) is 2.31. The zero-order chi connectivity index (χ0) is 9.14. The van der Waals surface area contributed by atoms with Crippen LogP contribution in [0.3, 0.4) is 0 Å². The monoisotopic (exact) mass is 230 g/mol. The van der Waals surface area contributed by atoms with Crippen LogP contribution in [0.1, 0.15) is 11.1 Å². The van der Waals surface area contributed by atoms with Crippen LogP contribution in [0.5, 0.6) is 0 Å². The Hall–Kier alpha value is 0.1000. The number of rotatable bonds is 2. The van der Waals surface area contributed by atoms with Crippen molar-refractivity contribution in [1.29, 1.82) is 0 Å². The SMILES string of the molecule is S=C(S)c1ccccc1C(=S)S. The van der Waals surface area contributed by atoms with Gasteiger partial charge in [-0.1, -0.05) is 48.7 Å². The summed E-state index contributed by atoms with van der Waals surface area (Å²) in [6, 6.07) is 7.56. The molecule has 0 fully saturated rings. The average molecular weight is 230 g/mol. The summed E-state index contributed by atoms with van der Waals surface area (Å²) in [7, 11) is 0. The molecule has 0 nitrogen and oxygen atoms in total. The Bertz CT molecular complexity index is 297. The summed E-state index contributed by atoms with van der Waals surface area (Å²) in [4.78, 5) is 0. The van der Waals surface area contributed by atoms with Crippen molar-refractivity contribution in [3.63, 3.8) is 0 Å². The van der Waals surface area contributed by atoms with E-state index in [9.17, 15) is 0 Å². The van der Waals surface area contributed by atoms with E-state index in [0.29, 0.717) is 8.39 Å². The summed E-state index contributed by atoms with van der Waals surface area (Å²) >= 11 is 18.1. The Labute approximate surface area is 93.2 Å². The van der Waals surface area contributed by atoms with Gasteiger partial charge in [-0.15, -0.1) is 25.3 Å². The van der Waals surface area contributed by atoms with E-state index in [1.165, 1.54) is 0 Å². The Morgan fingerprint density at radius 1 is 0.917 bits per heavy atom. The summed E-state index contributed by atoms with van der Waals surface area (Å²) in [6.07, 6.45) is 0. The minimum absolute atomic E-state index is 0.544. The molecule has 12 heavy (non-hydrogen) atoms. The van der Waals surface area contributed by atoms with Crippen molar-refractivity contribution in [2.45, 2.75) is 0 Å². The largest absolute Gasteiger partial charge is 0.131 e. The highest BCUT2D eigenvalue weighted by Gasteiger charge is 2.05. The highest BCUT2D eigenvalue weighted by molar-refractivity contribution is 8.12. The van der Waals surface area contributed by atoms with Crippen LogP contribution in [-0.4, -0.2) is 8.39 Å². The molecule has 0 saturated heterocycles. The van der Waals surface area contributed by atoms with Gasteiger partial charge in [-0.2, -0.15) is 0 Å². The van der Waals surface area contributed by atoms with Gasteiger partial charge in [0.15, 0.2) is 0 Å². The second-order valence-electron chi connectivity index (χ2n) is 2.16. The first-order valence-electron chi connectivity index (χ1n) is 3.18. The molecular formula is C8H6S4. The van der Waals surface area contributed by atoms with E-state index >= 15 is 0 Å². The molecule has 0 aromatic heterocycles. The van der Waals surface area contributed by atoms with Crippen LogP contribution >= 0.6 is 49.7 Å². The second-order valence-corrected chi connectivity index (χ2v) is 4.47. The minimum Gasteiger partial charge on any atom is -0.131 e. The molecule has 4 heteroatoms. The summed E-state index contributed by atoms with van der Waals surface area (Å²) in [5, 5.41) is 0. The predicted molar refractivity (Wildman–Crippen MR) is 67.8 cm³/mol. The van der Waals surface area contributed by atoms with E-state index in [0.717, 1.165) is 11.1 Å². The van der Waals surface area contributed by atoms with E-state index in [1.54, 1.807) is 0 Å². The standard InChI is InChI=1S/C8H6S4/c9-7(10)5-3-1-2-4-6(5)8(11)12/h1-4H,(H,9,10)(H,11,12). The van der Waals surface area contributed by atoms with Crippen molar-refractivity contribution in [3.8, 4) is 0 Å². The van der Waals surface area contributed by atoms with Gasteiger partial charge in [0, 0.05) is 11.1 Å². The van der Waals surface area contributed by atoms with Crippen LogP contribution in [0, 0.1) is 0 Å². The lowest BCUT2D eigenvalue weighted by Gasteiger charge is -2.03. The van der Waals surface area contributed by atoms with Crippen molar-refractivity contribution in [2.75, 3.05) is 0 Å². The summed E-state index contributed by atoms with van der Waals surface area (Å²) in [6.45, 7) is 0. The van der Waals surface area contributed by atoms with Crippen LogP contribution in [0.4, 0.5) is 0 Å². The van der Waals surface area contributed by atoms with Gasteiger partial charge < -0.3 is 0 Å². The van der Waals surface area contributed by atoms with Gasteiger partial charge in [-0.05, 0) is 0 Å². The number of thiocarbonyl (C=S) groups is 2. The first-order chi connectivity index (χ1) is 5.63. The van der Waals surface area contributed by atoms with Gasteiger partial charge in [0.2, 0.25) is 0 Å². The fourth-order valence-corrected chi connectivity index (χ4v) is 1.60. The summed E-state index contributed by atoms with van der Waals surface area (Å²) in [5.41, 5.74) is 1.74. The average Bonchev–Trinajstić information content (AvgIpc) is 2.04. The lowest BCUT2D eigenvalue weighted by Crippen LogP contribution is -1.98. The zero-order valence-corrected chi connectivity index (χ0v) is 9.44. The van der Waals surface area contributed by atoms with Crippen LogP contribution in [-0.2, 0) is 0 Å². The molecule has 0 amide bonds. The van der Waals surface area contributed by atoms with Crippen molar-refractivity contribution in [1.82, 2.24) is 0 Å². The Morgan fingerprint density at radius 2 is 1.25 bits per heavy atom. The molecule has 0 saturated carbocycles. The molecule has 0 unspecified atom stereocenters. The fraction of sp³-hybridized carbons (Fsp3) is 0. The highest BCUT2D eigenvalue weighted by Crippen LogP contribution is 2.14. The fourth-order valence-electron chi connectivity index (χ4n) is 0.856. The maximum atomic E-state index is 4.94. The van der Waals surface area contributed by atoms with E-state index < -0.39 is 0 Å². The molecule has 0 bridgehead atoms. The summed E-state index contributed by atoms with van der Waals surface area (Å²) in [5.74, 6) is 0. The van der Waals surface area contributed by atoms with Gasteiger partial charge in [-0.25, -0.2) is 0 Å². The van der Waals surface area contributed by atoms with Crippen molar-refractivity contribution in [3.05, 3.63) is 35.4 Å². The maximum Gasteiger partial charge on any atom is 0.0754 e. The van der Waals surface area contributed by atoms with E-state index in [1.807, 2.05) is 24.3 Å². The van der Waals surface area contributed by atoms with Gasteiger partial charge in [0.1, 0.15) is 0 Å². The third kappa shape index (κ3) is 2.29. The highest BCUT2D eigenvalue weighted by atomic mass is 32.1. The molecule has 0 aliphatic heterocycles. The van der Waals surface area contributed by atoms with Gasteiger partial charge in [0.25, 0.3) is 0 Å². The van der Waals surface area contributed by atoms with E-state index in [-0.39, 0.29) is 0 Å². The van der Waals surface area contributed by atoms with E-state index in [2.05, 4.69) is 25.3 Å². The van der Waals surface area contributed by atoms with Crippen LogP contribution in [0.15, 0.2) is 24.3 Å². The molecule has 1 rings (SSSR count). The van der Waals surface area contributed by atoms with Gasteiger partial charge in [0.05, 0.1) is 8.39 Å². The number of thiol groups is 2. The van der Waals surface area contributed by atoms with Gasteiger partial charge in [-0.3, -0.25) is 0 Å². The molecule has 0 spiro atoms. The first-order valence-corrected chi connectivity index (χ1v) is 4.89. The minimum atomic E-state index is 0.544. The normalized spacial score (nSPS) is 9.50. The number of hydrogen-bond donors (Lipinski definition) is 2. The molecule has 0 N–H and O–H groups in total. The molecular weight excluding hydrogens is 224 g/mol. The Balaban J connectivity index is 3.27. The molecule has 0 aliphatic rings. The molecule has 1 aromatic rings. The quantitative estimate of drug-likeness (QED) is 0.592. The Morgan fingerprint density at radius 3 is 1.50 bits per heavy atom. The lowest BCUT2D eigenvalue weighted by molar-refractivity contribution is 1.66. The molecule has 0 atom stereocenters. The molecule has 0 radical (unpaired) electrons. The molecule has 1 aromatic carbocycles. The summed E-state index contributed by atoms with van der Waals surface area (Å²) < 4.78 is 1.09. The van der Waals surface area contributed by atoms with Crippen molar-refractivity contribution < 1.29 is 0 Å². The van der Waals surface area contributed by atoms with Crippen LogP contribution in [0.25, 0.3) is 0 Å². The maximum absolute atomic E-state index is 4.94. The molecule has 62 valence electrons. The van der Waals surface area contributed by atoms with Crippen LogP contribution in [0.2, 0.25) is 0 Å². The Kier molecular flexibility index (Phi) is 3.71. The predicted octanol–water partition coefficient (Wildman–Crippen LogP) is 2.90. The van der Waals surface area contributed by atoms with Crippen molar-refractivity contribution >= 4 is 58.1 Å². The smallest absolute Gasteiger partial charge is 0.0754 e. The first kappa shape index (κ1) is 10.2. The van der Waals surface area contributed by atoms with Crippen LogP contribution < -0.4 is 0 Å². The molecule has 0 heterocycles. The van der Waals surface area contributed by atoms with Gasteiger partial charge >= 0.3 is 0 Å². The topological polar surface area (TPSA) is 0 Å². The third-order valence-electron chi connectivity index (χ3n) is 1.39. The zero-order valence-electron chi connectivity index (χ0n) is 6.02. The number of benzene rings is 1. The van der Waals surface area contributed by atoms with E-state index in [4.69, 9.17) is 24.4 Å². The number of hydrogen-bond acceptors (Lipinski definition) is 2. The van der Waals surface area contributed by atoms with Crippen molar-refractivity contribution in [2.24, 2.45) is 0 Å². The lowest BCUT2D eigenvalue weighted by atomic mass is 10.1. The second kappa shape index (κ2) is 4.37.